The van der Waals surface area contributed by atoms with Crippen LogP contribution in [0.5, 0.6) is 5.75 Å². The van der Waals surface area contributed by atoms with Gasteiger partial charge in [-0.25, -0.2) is 0 Å². The molecule has 2 aliphatic rings. The van der Waals surface area contributed by atoms with Crippen LogP contribution in [0, 0.1) is 0 Å². The number of para-hydroxylation sites is 1. The molecule has 0 radical (unpaired) electrons. The molecule has 0 aromatic heterocycles. The van der Waals surface area contributed by atoms with E-state index in [0.717, 1.165) is 24.5 Å². The van der Waals surface area contributed by atoms with E-state index in [9.17, 15) is 4.79 Å². The summed E-state index contributed by atoms with van der Waals surface area (Å²) >= 11 is 3.92. The topological polar surface area (TPSA) is 50.4 Å². The first kappa shape index (κ1) is 13.9. The molecule has 1 saturated heterocycles. The molecule has 2 N–H and O–H groups in total. The van der Waals surface area contributed by atoms with Crippen molar-refractivity contribution in [2.75, 3.05) is 42.3 Å². The monoisotopic (exact) mass is 310 g/mol. The number of hydrogen-bond acceptors (Lipinski definition) is 5. The van der Waals surface area contributed by atoms with Gasteiger partial charge in [-0.2, -0.15) is 23.5 Å². The van der Waals surface area contributed by atoms with Crippen LogP contribution >= 0.6 is 23.5 Å². The number of amides is 1. The average molecular weight is 310 g/mol. The molecule has 6 heteroatoms. The Bertz CT molecular complexity index is 490. The molecule has 0 spiro atoms. The van der Waals surface area contributed by atoms with Gasteiger partial charge in [-0.15, -0.1) is 0 Å². The van der Waals surface area contributed by atoms with Crippen molar-refractivity contribution in [3.8, 4) is 5.75 Å². The minimum atomic E-state index is -0.0401. The van der Waals surface area contributed by atoms with Crippen LogP contribution < -0.4 is 15.4 Å². The van der Waals surface area contributed by atoms with Gasteiger partial charge in [0.05, 0.1) is 11.3 Å². The van der Waals surface area contributed by atoms with Gasteiger partial charge in [-0.3, -0.25) is 4.79 Å². The molecule has 1 amide bonds. The van der Waals surface area contributed by atoms with E-state index < -0.39 is 0 Å². The van der Waals surface area contributed by atoms with Crippen LogP contribution in [-0.2, 0) is 0 Å². The number of hydrogen-bond donors (Lipinski definition) is 2. The quantitative estimate of drug-likeness (QED) is 0.895. The Morgan fingerprint density at radius 3 is 3.25 bits per heavy atom. The van der Waals surface area contributed by atoms with Gasteiger partial charge in [0.15, 0.2) is 5.75 Å². The lowest BCUT2D eigenvalue weighted by Crippen LogP contribution is -2.34. The molecular formula is C14H18N2O2S2. The number of rotatable bonds is 3. The van der Waals surface area contributed by atoms with E-state index in [2.05, 4.69) is 10.6 Å². The van der Waals surface area contributed by atoms with Crippen molar-refractivity contribution in [3.63, 3.8) is 0 Å². The van der Waals surface area contributed by atoms with Crippen LogP contribution in [0.4, 0.5) is 5.69 Å². The standard InChI is InChI=1S/C14H18N2O2S2/c17-14(16-8-10-9-19-6-7-20-10)11-2-1-3-12-13(11)18-5-4-15-12/h1-3,10,15H,4-9H2,(H,16,17). The lowest BCUT2D eigenvalue weighted by Gasteiger charge is -2.23. The first-order chi connectivity index (χ1) is 9.84. The van der Waals surface area contributed by atoms with Gasteiger partial charge in [-0.05, 0) is 12.1 Å². The molecule has 0 bridgehead atoms. The molecule has 4 nitrogen and oxygen atoms in total. The molecule has 3 rings (SSSR count). The summed E-state index contributed by atoms with van der Waals surface area (Å²) in [6, 6.07) is 5.66. The SMILES string of the molecule is O=C(NCC1CSCCS1)c1cccc2c1OCCN2. The zero-order valence-corrected chi connectivity index (χ0v) is 12.8. The van der Waals surface area contributed by atoms with Gasteiger partial charge in [0.1, 0.15) is 6.61 Å². The highest BCUT2D eigenvalue weighted by Crippen LogP contribution is 2.31. The highest BCUT2D eigenvalue weighted by molar-refractivity contribution is 8.06. The van der Waals surface area contributed by atoms with Crippen LogP contribution in [0.15, 0.2) is 18.2 Å². The van der Waals surface area contributed by atoms with Crippen molar-refractivity contribution >= 4 is 35.1 Å². The maximum Gasteiger partial charge on any atom is 0.255 e. The van der Waals surface area contributed by atoms with Gasteiger partial charge in [-0.1, -0.05) is 6.07 Å². The van der Waals surface area contributed by atoms with E-state index in [1.165, 1.54) is 11.5 Å². The van der Waals surface area contributed by atoms with Gasteiger partial charge in [0.25, 0.3) is 5.91 Å². The van der Waals surface area contributed by atoms with E-state index in [0.29, 0.717) is 23.2 Å². The van der Waals surface area contributed by atoms with E-state index >= 15 is 0 Å². The highest BCUT2D eigenvalue weighted by Gasteiger charge is 2.20. The fourth-order valence-corrected chi connectivity index (χ4v) is 4.92. The zero-order chi connectivity index (χ0) is 13.8. The Balaban J connectivity index is 1.64. The molecule has 108 valence electrons. The number of fused-ring (bicyclic) bond motifs is 1. The van der Waals surface area contributed by atoms with E-state index in [-0.39, 0.29) is 5.91 Å². The van der Waals surface area contributed by atoms with Gasteiger partial charge < -0.3 is 15.4 Å². The summed E-state index contributed by atoms with van der Waals surface area (Å²) in [5.41, 5.74) is 1.54. The summed E-state index contributed by atoms with van der Waals surface area (Å²) in [5.74, 6) is 4.17. The van der Waals surface area contributed by atoms with Crippen LogP contribution in [0.25, 0.3) is 0 Å². The predicted octanol–water partition coefficient (Wildman–Crippen LogP) is 2.07. The maximum atomic E-state index is 12.3. The molecule has 1 unspecified atom stereocenters. The highest BCUT2D eigenvalue weighted by atomic mass is 32.2. The molecule has 20 heavy (non-hydrogen) atoms. The van der Waals surface area contributed by atoms with Crippen LogP contribution in [-0.4, -0.2) is 48.1 Å². The molecule has 1 aromatic rings. The molecule has 1 aromatic carbocycles. The normalized spacial score (nSPS) is 21.3. The van der Waals surface area contributed by atoms with Crippen molar-refractivity contribution in [1.82, 2.24) is 5.32 Å². The predicted molar refractivity (Wildman–Crippen MR) is 86.3 cm³/mol. The Morgan fingerprint density at radius 1 is 1.45 bits per heavy atom. The lowest BCUT2D eigenvalue weighted by atomic mass is 10.1. The summed E-state index contributed by atoms with van der Waals surface area (Å²) in [4.78, 5) is 12.3. The Morgan fingerprint density at radius 2 is 2.40 bits per heavy atom. The van der Waals surface area contributed by atoms with E-state index in [4.69, 9.17) is 4.74 Å². The first-order valence-electron chi connectivity index (χ1n) is 6.82. The zero-order valence-electron chi connectivity index (χ0n) is 11.2. The molecular weight excluding hydrogens is 292 g/mol. The molecule has 1 fully saturated rings. The number of carbonyl (C=O) groups excluding carboxylic acids is 1. The summed E-state index contributed by atoms with van der Waals surface area (Å²) in [5, 5.41) is 6.81. The third-order valence-corrected chi connectivity index (χ3v) is 6.14. The minimum Gasteiger partial charge on any atom is -0.489 e. The Hall–Kier alpha value is -1.01. The number of anilines is 1. The second-order valence-electron chi connectivity index (χ2n) is 4.74. The molecule has 2 heterocycles. The summed E-state index contributed by atoms with van der Waals surface area (Å²) in [6.07, 6.45) is 0. The summed E-state index contributed by atoms with van der Waals surface area (Å²) in [7, 11) is 0. The largest absolute Gasteiger partial charge is 0.489 e. The fraction of sp³-hybridized carbons (Fsp3) is 0.500. The van der Waals surface area contributed by atoms with E-state index in [1.54, 1.807) is 0 Å². The number of ether oxygens (including phenoxy) is 1. The number of nitrogens with one attached hydrogen (secondary N) is 2. The van der Waals surface area contributed by atoms with Crippen molar-refractivity contribution in [2.45, 2.75) is 5.25 Å². The number of carbonyl (C=O) groups is 1. The maximum absolute atomic E-state index is 12.3. The van der Waals surface area contributed by atoms with Crippen LogP contribution in [0.1, 0.15) is 10.4 Å². The van der Waals surface area contributed by atoms with E-state index in [1.807, 2.05) is 41.7 Å². The smallest absolute Gasteiger partial charge is 0.255 e. The second-order valence-corrected chi connectivity index (χ2v) is 7.29. The third-order valence-electron chi connectivity index (χ3n) is 3.30. The van der Waals surface area contributed by atoms with Gasteiger partial charge in [0.2, 0.25) is 0 Å². The molecule has 0 aliphatic carbocycles. The van der Waals surface area contributed by atoms with Gasteiger partial charge in [0, 0.05) is 35.6 Å². The fourth-order valence-electron chi connectivity index (χ4n) is 2.31. The Kier molecular flexibility index (Phi) is 4.62. The third kappa shape index (κ3) is 3.17. The minimum absolute atomic E-state index is 0.0401. The van der Waals surface area contributed by atoms with Crippen molar-refractivity contribution in [1.29, 1.82) is 0 Å². The van der Waals surface area contributed by atoms with Crippen molar-refractivity contribution in [3.05, 3.63) is 23.8 Å². The van der Waals surface area contributed by atoms with Crippen molar-refractivity contribution < 1.29 is 9.53 Å². The lowest BCUT2D eigenvalue weighted by molar-refractivity contribution is 0.0950. The summed E-state index contributed by atoms with van der Waals surface area (Å²) < 4.78 is 5.63. The Labute approximate surface area is 127 Å². The number of thioether (sulfide) groups is 2. The van der Waals surface area contributed by atoms with Crippen LogP contribution in [0.3, 0.4) is 0 Å². The molecule has 0 saturated carbocycles. The molecule has 1 atom stereocenters. The van der Waals surface area contributed by atoms with Crippen LogP contribution in [0.2, 0.25) is 0 Å². The average Bonchev–Trinajstić information content (AvgIpc) is 2.53. The number of benzene rings is 1. The first-order valence-corrected chi connectivity index (χ1v) is 9.02. The summed E-state index contributed by atoms with van der Waals surface area (Å²) in [6.45, 7) is 2.12. The van der Waals surface area contributed by atoms with Crippen molar-refractivity contribution in [2.24, 2.45) is 0 Å². The molecule has 2 aliphatic heterocycles. The second kappa shape index (κ2) is 6.63. The van der Waals surface area contributed by atoms with Gasteiger partial charge >= 0.3 is 0 Å².